The number of halogens is 2. The molecule has 2 amide bonds. The van der Waals surface area contributed by atoms with Crippen LogP contribution in [-0.4, -0.2) is 38.2 Å². The molecule has 0 unspecified atom stereocenters. The fourth-order valence-electron chi connectivity index (χ4n) is 4.71. The summed E-state index contributed by atoms with van der Waals surface area (Å²) in [6.45, 7) is 4.20. The summed E-state index contributed by atoms with van der Waals surface area (Å²) in [5.74, 6) is -2.43. The molecule has 172 valence electrons. The van der Waals surface area contributed by atoms with Gasteiger partial charge in [0, 0.05) is 46.6 Å². The number of aryl methyl sites for hydroxylation is 2. The van der Waals surface area contributed by atoms with Gasteiger partial charge in [-0.15, -0.1) is 0 Å². The maximum absolute atomic E-state index is 13.5. The third kappa shape index (κ3) is 4.14. The van der Waals surface area contributed by atoms with Gasteiger partial charge in [-0.3, -0.25) is 14.8 Å². The second kappa shape index (κ2) is 7.82. The van der Waals surface area contributed by atoms with Crippen LogP contribution in [0.2, 0.25) is 0 Å². The fraction of sp³-hybridized carbons (Fsp3) is 0.455. The number of hydrogen-bond donors (Lipinski definition) is 2. The zero-order valence-corrected chi connectivity index (χ0v) is 18.3. The monoisotopic (exact) mass is 456 g/mol. The zero-order valence-electron chi connectivity index (χ0n) is 18.3. The van der Waals surface area contributed by atoms with E-state index in [4.69, 9.17) is 4.52 Å². The number of rotatable bonds is 5. The smallest absolute Gasteiger partial charge is 0.322 e. The van der Waals surface area contributed by atoms with Crippen LogP contribution in [0.4, 0.5) is 19.5 Å². The van der Waals surface area contributed by atoms with Gasteiger partial charge in [0.15, 0.2) is 0 Å². The average molecular weight is 456 g/mol. The Morgan fingerprint density at radius 1 is 1.24 bits per heavy atom. The maximum atomic E-state index is 13.5. The second-order valence-electron chi connectivity index (χ2n) is 8.92. The number of urea groups is 1. The molecule has 9 nitrogen and oxygen atoms in total. The molecule has 2 aliphatic carbocycles. The summed E-state index contributed by atoms with van der Waals surface area (Å²) in [6, 6.07) is 3.07. The van der Waals surface area contributed by atoms with Gasteiger partial charge in [-0.25, -0.2) is 23.5 Å². The third-order valence-corrected chi connectivity index (χ3v) is 6.57. The van der Waals surface area contributed by atoms with Gasteiger partial charge in [0.2, 0.25) is 11.8 Å². The van der Waals surface area contributed by atoms with E-state index in [0.717, 1.165) is 28.2 Å². The molecule has 2 aliphatic rings. The summed E-state index contributed by atoms with van der Waals surface area (Å²) in [4.78, 5) is 25.2. The van der Waals surface area contributed by atoms with E-state index in [2.05, 4.69) is 30.9 Å². The molecule has 11 heteroatoms. The standard InChI is InChI=1S/C22H23F2N7O2/c1-13-19(14(2)27-12-26-13)15-3-4-17(25-8-15)9-31-10-18(33-30-31)29-20(32)28-16-5-6-21(7-16)11-22(21,23)24/h3-4,8,10,12,16H,5-7,9,11H2,1-2H3,(H-,28,29,30,32)/p+1/t16-,21+/m0/s1. The van der Waals surface area contributed by atoms with Gasteiger partial charge in [-0.05, 0) is 43.9 Å². The minimum atomic E-state index is -2.59. The minimum absolute atomic E-state index is 0.0741. The molecule has 5 rings (SSSR count). The predicted molar refractivity (Wildman–Crippen MR) is 112 cm³/mol. The van der Waals surface area contributed by atoms with Gasteiger partial charge in [0.1, 0.15) is 12.0 Å². The van der Waals surface area contributed by atoms with Crippen molar-refractivity contribution in [2.45, 2.75) is 58.0 Å². The van der Waals surface area contributed by atoms with Gasteiger partial charge in [-0.2, -0.15) is 0 Å². The number of alkyl halides is 2. The van der Waals surface area contributed by atoms with Crippen molar-refractivity contribution in [1.82, 2.24) is 25.5 Å². The highest BCUT2D eigenvalue weighted by atomic mass is 19.3. The van der Waals surface area contributed by atoms with E-state index >= 15 is 0 Å². The third-order valence-electron chi connectivity index (χ3n) is 6.57. The molecule has 0 saturated heterocycles. The molecule has 0 radical (unpaired) electrons. The SMILES string of the molecule is Cc1ncnc(C)c1-c1ccc(C[n+]2cc(NC(=O)N[C@H]3CC[C@@]4(C3)CC4(F)F)on2)nc1. The molecular weight excluding hydrogens is 432 g/mol. The van der Waals surface area contributed by atoms with E-state index in [1.54, 1.807) is 18.7 Å². The van der Waals surface area contributed by atoms with E-state index in [1.807, 2.05) is 26.0 Å². The molecule has 0 aliphatic heterocycles. The Morgan fingerprint density at radius 3 is 2.64 bits per heavy atom. The Hall–Kier alpha value is -3.50. The summed E-state index contributed by atoms with van der Waals surface area (Å²) in [5, 5.41) is 9.21. The van der Waals surface area contributed by atoms with Crippen LogP contribution < -0.4 is 15.3 Å². The van der Waals surface area contributed by atoms with Crippen LogP contribution in [0.1, 0.15) is 42.8 Å². The molecule has 3 heterocycles. The van der Waals surface area contributed by atoms with Crippen molar-refractivity contribution in [2.24, 2.45) is 5.41 Å². The summed E-state index contributed by atoms with van der Waals surface area (Å²) < 4.78 is 33.7. The van der Waals surface area contributed by atoms with Crippen molar-refractivity contribution in [1.29, 1.82) is 0 Å². The van der Waals surface area contributed by atoms with E-state index in [-0.39, 0.29) is 18.3 Å². The van der Waals surface area contributed by atoms with Gasteiger partial charge < -0.3 is 5.32 Å². The molecule has 0 bridgehead atoms. The highest BCUT2D eigenvalue weighted by molar-refractivity contribution is 5.87. The summed E-state index contributed by atoms with van der Waals surface area (Å²) in [5.41, 5.74) is 3.50. The number of nitrogens with one attached hydrogen (secondary N) is 2. The van der Waals surface area contributed by atoms with E-state index in [0.29, 0.717) is 25.8 Å². The van der Waals surface area contributed by atoms with Crippen molar-refractivity contribution in [3.63, 3.8) is 0 Å². The van der Waals surface area contributed by atoms with Gasteiger partial charge >= 0.3 is 11.9 Å². The number of carbonyl (C=O) groups is 1. The first kappa shape index (κ1) is 21.4. The number of hydrogen-bond acceptors (Lipinski definition) is 6. The van der Waals surface area contributed by atoms with E-state index in [9.17, 15) is 13.6 Å². The van der Waals surface area contributed by atoms with Crippen LogP contribution in [0.3, 0.4) is 0 Å². The average Bonchev–Trinajstić information content (AvgIpc) is 3.08. The topological polar surface area (TPSA) is 110 Å². The molecule has 33 heavy (non-hydrogen) atoms. The maximum Gasteiger partial charge on any atom is 0.322 e. The zero-order chi connectivity index (χ0) is 23.2. The van der Waals surface area contributed by atoms with Crippen LogP contribution in [0.15, 0.2) is 35.4 Å². The fourth-order valence-corrected chi connectivity index (χ4v) is 4.71. The molecular formula is C22H24F2N7O2+. The van der Waals surface area contributed by atoms with Crippen molar-refractivity contribution in [3.05, 3.63) is 47.9 Å². The number of aromatic nitrogens is 5. The second-order valence-corrected chi connectivity index (χ2v) is 8.92. The van der Waals surface area contributed by atoms with Crippen LogP contribution in [0.5, 0.6) is 0 Å². The number of nitrogens with zero attached hydrogens (tertiary/aromatic N) is 5. The largest absolute Gasteiger partial charge is 0.335 e. The van der Waals surface area contributed by atoms with Crippen LogP contribution in [0.25, 0.3) is 11.1 Å². The molecule has 2 fully saturated rings. The number of anilines is 1. The Morgan fingerprint density at radius 2 is 2.00 bits per heavy atom. The first-order chi connectivity index (χ1) is 15.7. The highest BCUT2D eigenvalue weighted by Gasteiger charge is 2.72. The van der Waals surface area contributed by atoms with E-state index in [1.165, 1.54) is 4.68 Å². The predicted octanol–water partition coefficient (Wildman–Crippen LogP) is 3.18. The van der Waals surface area contributed by atoms with Gasteiger partial charge in [0.05, 0.1) is 0 Å². The Balaban J connectivity index is 1.16. The lowest BCUT2D eigenvalue weighted by Crippen LogP contribution is -2.37. The molecule has 0 aromatic carbocycles. The highest BCUT2D eigenvalue weighted by Crippen LogP contribution is 2.68. The van der Waals surface area contributed by atoms with Crippen molar-refractivity contribution >= 4 is 11.9 Å². The van der Waals surface area contributed by atoms with Crippen molar-refractivity contribution in [3.8, 4) is 11.1 Å². The quantitative estimate of drug-likeness (QED) is 0.571. The Bertz CT molecular complexity index is 1180. The molecule has 1 spiro atoms. The Kier molecular flexibility index (Phi) is 5.06. The summed E-state index contributed by atoms with van der Waals surface area (Å²) in [6.07, 6.45) is 6.07. The summed E-state index contributed by atoms with van der Waals surface area (Å²) >= 11 is 0. The first-order valence-corrected chi connectivity index (χ1v) is 10.8. The van der Waals surface area contributed by atoms with Gasteiger partial charge in [0.25, 0.3) is 12.1 Å². The summed E-state index contributed by atoms with van der Waals surface area (Å²) in [7, 11) is 0. The van der Waals surface area contributed by atoms with E-state index < -0.39 is 17.4 Å². The molecule has 2 atom stereocenters. The molecule has 2 N–H and O–H groups in total. The molecule has 2 saturated carbocycles. The lowest BCUT2D eigenvalue weighted by Gasteiger charge is -2.12. The number of carbonyl (C=O) groups excluding carboxylic acids is 1. The van der Waals surface area contributed by atoms with Crippen LogP contribution in [-0.2, 0) is 6.54 Å². The number of amides is 2. The van der Waals surface area contributed by atoms with Crippen LogP contribution >= 0.6 is 0 Å². The van der Waals surface area contributed by atoms with Gasteiger partial charge in [-0.1, -0.05) is 6.07 Å². The minimum Gasteiger partial charge on any atom is -0.335 e. The number of pyridine rings is 1. The van der Waals surface area contributed by atoms with Crippen LogP contribution in [0, 0.1) is 19.3 Å². The first-order valence-electron chi connectivity index (χ1n) is 10.8. The molecule has 3 aromatic heterocycles. The van der Waals surface area contributed by atoms with Crippen molar-refractivity contribution < 1.29 is 22.8 Å². The lowest BCUT2D eigenvalue weighted by atomic mass is 10.0. The molecule has 3 aromatic rings. The van der Waals surface area contributed by atoms with Crippen molar-refractivity contribution in [2.75, 3.05) is 5.32 Å². The normalized spacial score (nSPS) is 23.0. The Labute approximate surface area is 188 Å². The lowest BCUT2D eigenvalue weighted by molar-refractivity contribution is -0.755.